The second kappa shape index (κ2) is 10.6. The highest BCUT2D eigenvalue weighted by atomic mass is 35.5. The van der Waals surface area contributed by atoms with Gasteiger partial charge >= 0.3 is 6.92 Å². The minimum absolute atomic E-state index is 0.363. The van der Waals surface area contributed by atoms with Gasteiger partial charge in [0, 0.05) is 10.0 Å². The maximum absolute atomic E-state index is 6.87. The molecule has 2 N–H and O–H groups in total. The molecule has 0 spiro atoms. The van der Waals surface area contributed by atoms with E-state index in [1.807, 2.05) is 86.6 Å². The molecule has 166 valence electrons. The number of hydrogen-bond donors (Lipinski definition) is 1. The second-order valence-electron chi connectivity index (χ2n) is 8.30. The zero-order chi connectivity index (χ0) is 23.4. The van der Waals surface area contributed by atoms with Crippen molar-refractivity contribution in [2.45, 2.75) is 26.0 Å². The van der Waals surface area contributed by atoms with Crippen LogP contribution in [0.4, 0.5) is 0 Å². The van der Waals surface area contributed by atoms with E-state index < -0.39 is 13.0 Å². The Balaban J connectivity index is 1.81. The number of rotatable bonds is 7. The van der Waals surface area contributed by atoms with Crippen LogP contribution in [-0.4, -0.2) is 6.92 Å². The molecule has 2 unspecified atom stereocenters. The van der Waals surface area contributed by atoms with Crippen LogP contribution < -0.4 is 16.7 Å². The Hall–Kier alpha value is -2.56. The lowest BCUT2D eigenvalue weighted by Crippen LogP contribution is -2.47. The van der Waals surface area contributed by atoms with Crippen LogP contribution in [0.5, 0.6) is 0 Å². The van der Waals surface area contributed by atoms with Gasteiger partial charge in [-0.05, 0) is 59.2 Å². The molecule has 0 radical (unpaired) electrons. The molecule has 0 saturated carbocycles. The molecule has 4 aromatic carbocycles. The molecule has 2 atom stereocenters. The number of nitrogens with two attached hydrogens (primary N) is 1. The van der Waals surface area contributed by atoms with Crippen molar-refractivity contribution in [3.05, 3.63) is 129 Å². The fourth-order valence-electron chi connectivity index (χ4n) is 3.90. The van der Waals surface area contributed by atoms with Gasteiger partial charge in [0.25, 0.3) is 0 Å². The largest absolute Gasteiger partial charge is 0.418 e. The summed E-state index contributed by atoms with van der Waals surface area (Å²) in [5, 5.41) is 1.39. The summed E-state index contributed by atoms with van der Waals surface area (Å²) in [4.78, 5) is 0. The van der Waals surface area contributed by atoms with E-state index in [2.05, 4.69) is 24.3 Å². The minimum atomic E-state index is -0.402. The second-order valence-corrected chi connectivity index (χ2v) is 9.12. The van der Waals surface area contributed by atoms with E-state index in [1.165, 1.54) is 0 Å². The first-order valence-electron chi connectivity index (χ1n) is 11.0. The van der Waals surface area contributed by atoms with Crippen LogP contribution >= 0.6 is 23.2 Å². The summed E-state index contributed by atoms with van der Waals surface area (Å²) < 4.78 is 6.87. The lowest BCUT2D eigenvalue weighted by atomic mass is 9.55. The van der Waals surface area contributed by atoms with Crippen molar-refractivity contribution in [1.82, 2.24) is 0 Å². The van der Waals surface area contributed by atoms with Crippen molar-refractivity contribution in [3.63, 3.8) is 0 Å². The minimum Gasteiger partial charge on any atom is -0.418 e. The van der Waals surface area contributed by atoms with E-state index in [0.717, 1.165) is 33.2 Å². The van der Waals surface area contributed by atoms with Gasteiger partial charge in [0.2, 0.25) is 0 Å². The summed E-state index contributed by atoms with van der Waals surface area (Å²) in [6.07, 6.45) is -0.390. The third-order valence-corrected chi connectivity index (χ3v) is 6.73. The topological polar surface area (TPSA) is 35.2 Å². The zero-order valence-electron chi connectivity index (χ0n) is 18.7. The van der Waals surface area contributed by atoms with Gasteiger partial charge < -0.3 is 10.4 Å². The van der Waals surface area contributed by atoms with E-state index in [-0.39, 0.29) is 6.04 Å². The summed E-state index contributed by atoms with van der Waals surface area (Å²) in [5.41, 5.74) is 12.8. The summed E-state index contributed by atoms with van der Waals surface area (Å²) in [6.45, 7) is 3.58. The van der Waals surface area contributed by atoms with Crippen LogP contribution in [0.25, 0.3) is 0 Å². The van der Waals surface area contributed by atoms with Crippen molar-refractivity contribution >= 4 is 41.0 Å². The third kappa shape index (κ3) is 5.51. The van der Waals surface area contributed by atoms with Crippen LogP contribution in [0.15, 0.2) is 97.1 Å². The normalized spacial score (nSPS) is 12.9. The highest BCUT2D eigenvalue weighted by molar-refractivity contribution is 6.80. The first-order chi connectivity index (χ1) is 15.9. The molecule has 0 aliphatic rings. The highest BCUT2D eigenvalue weighted by Gasteiger charge is 2.31. The zero-order valence-corrected chi connectivity index (χ0v) is 20.2. The van der Waals surface area contributed by atoms with E-state index >= 15 is 0 Å². The molecule has 0 heterocycles. The standard InChI is InChI=1S/C28H26BCl2NO/c1-19-13-15-23(17-25(19)30)29(24-16-14-20(2)26(31)18-24)33-28(22-11-7-4-8-12-22)27(32)21-9-5-3-6-10-21/h3-18,27-28H,32H2,1-2H3. The summed E-state index contributed by atoms with van der Waals surface area (Å²) in [6, 6.07) is 31.8. The van der Waals surface area contributed by atoms with Gasteiger partial charge in [0.15, 0.2) is 0 Å². The van der Waals surface area contributed by atoms with Gasteiger partial charge in [0.05, 0.1) is 12.1 Å². The molecular formula is C28H26BCl2NO. The van der Waals surface area contributed by atoms with Gasteiger partial charge in [-0.2, -0.15) is 0 Å². The van der Waals surface area contributed by atoms with Gasteiger partial charge in [0.1, 0.15) is 0 Å². The fraction of sp³-hybridized carbons (Fsp3) is 0.143. The van der Waals surface area contributed by atoms with Crippen molar-refractivity contribution < 1.29 is 4.65 Å². The Morgan fingerprint density at radius 3 is 1.58 bits per heavy atom. The van der Waals surface area contributed by atoms with E-state index in [0.29, 0.717) is 10.0 Å². The number of halogens is 2. The van der Waals surface area contributed by atoms with Crippen molar-refractivity contribution in [2.24, 2.45) is 5.73 Å². The molecule has 0 fully saturated rings. The van der Waals surface area contributed by atoms with Gasteiger partial charge in [-0.3, -0.25) is 0 Å². The molecule has 2 nitrogen and oxygen atoms in total. The van der Waals surface area contributed by atoms with Crippen LogP contribution in [0.2, 0.25) is 10.0 Å². The molecule has 5 heteroatoms. The van der Waals surface area contributed by atoms with Crippen LogP contribution in [0.3, 0.4) is 0 Å². The lowest BCUT2D eigenvalue weighted by molar-refractivity contribution is 0.181. The van der Waals surface area contributed by atoms with Crippen molar-refractivity contribution in [2.75, 3.05) is 0 Å². The Morgan fingerprint density at radius 1 is 0.667 bits per heavy atom. The summed E-state index contributed by atoms with van der Waals surface area (Å²) >= 11 is 13.0. The maximum Gasteiger partial charge on any atom is 0.362 e. The molecule has 0 saturated heterocycles. The van der Waals surface area contributed by atoms with Gasteiger partial charge in [-0.25, -0.2) is 0 Å². The number of aryl methyl sites for hydroxylation is 2. The number of benzene rings is 4. The first kappa shape index (κ1) is 23.6. The predicted octanol–water partition coefficient (Wildman–Crippen LogP) is 6.17. The molecule has 33 heavy (non-hydrogen) atoms. The molecule has 0 aliphatic carbocycles. The fourth-order valence-corrected chi connectivity index (χ4v) is 4.28. The van der Waals surface area contributed by atoms with Crippen LogP contribution in [0, 0.1) is 13.8 Å². The SMILES string of the molecule is Cc1ccc(B(OC(c2ccccc2)C(N)c2ccccc2)c2ccc(C)c(Cl)c2)cc1Cl. The molecular weight excluding hydrogens is 448 g/mol. The number of hydrogen-bond acceptors (Lipinski definition) is 2. The van der Waals surface area contributed by atoms with Gasteiger partial charge in [-0.1, -0.05) is 108 Å². The van der Waals surface area contributed by atoms with Crippen molar-refractivity contribution in [3.8, 4) is 0 Å². The van der Waals surface area contributed by atoms with E-state index in [9.17, 15) is 0 Å². The lowest BCUT2D eigenvalue weighted by Gasteiger charge is -2.29. The van der Waals surface area contributed by atoms with Crippen molar-refractivity contribution in [1.29, 1.82) is 0 Å². The Bertz CT molecular complexity index is 1170. The molecule has 0 amide bonds. The molecule has 0 bridgehead atoms. The smallest absolute Gasteiger partial charge is 0.362 e. The average molecular weight is 474 g/mol. The quantitative estimate of drug-likeness (QED) is 0.325. The Morgan fingerprint density at radius 2 is 1.12 bits per heavy atom. The monoisotopic (exact) mass is 473 g/mol. The maximum atomic E-state index is 6.87. The Kier molecular flexibility index (Phi) is 7.57. The molecule has 4 aromatic rings. The molecule has 0 aromatic heterocycles. The van der Waals surface area contributed by atoms with Gasteiger partial charge in [-0.15, -0.1) is 0 Å². The Labute approximate surface area is 206 Å². The average Bonchev–Trinajstić information content (AvgIpc) is 2.84. The van der Waals surface area contributed by atoms with E-state index in [1.54, 1.807) is 0 Å². The third-order valence-electron chi connectivity index (χ3n) is 5.92. The summed E-state index contributed by atoms with van der Waals surface area (Å²) in [7, 11) is 0. The molecule has 0 aliphatic heterocycles. The predicted molar refractivity (Wildman–Crippen MR) is 141 cm³/mol. The summed E-state index contributed by atoms with van der Waals surface area (Å²) in [5.74, 6) is 0. The van der Waals surface area contributed by atoms with Crippen LogP contribution in [0.1, 0.15) is 34.4 Å². The highest BCUT2D eigenvalue weighted by Crippen LogP contribution is 2.31. The first-order valence-corrected chi connectivity index (χ1v) is 11.7. The molecule has 4 rings (SSSR count). The van der Waals surface area contributed by atoms with Crippen LogP contribution in [-0.2, 0) is 4.65 Å². The van der Waals surface area contributed by atoms with E-state index in [4.69, 9.17) is 33.6 Å².